The number of carbonyl (C=O) groups excluding carboxylic acids is 1. The van der Waals surface area contributed by atoms with Gasteiger partial charge in [0, 0.05) is 13.0 Å². The highest BCUT2D eigenvalue weighted by Gasteiger charge is 2.28. The Kier molecular flexibility index (Phi) is 13.0. The first-order valence-corrected chi connectivity index (χ1v) is 9.73. The number of carboxylic acids is 1. The molecule has 164 valence electrons. The number of amides is 1. The molecule has 1 rings (SSSR count). The summed E-state index contributed by atoms with van der Waals surface area (Å²) < 4.78 is 5.13. The quantitative estimate of drug-likeness (QED) is 0.458. The molecule has 8 nitrogen and oxygen atoms in total. The van der Waals surface area contributed by atoms with Crippen LogP contribution >= 0.6 is 0 Å². The first-order valence-electron chi connectivity index (χ1n) is 9.73. The third-order valence-electron chi connectivity index (χ3n) is 4.07. The van der Waals surface area contributed by atoms with Gasteiger partial charge in [0.05, 0.1) is 0 Å². The van der Waals surface area contributed by atoms with Crippen LogP contribution in [0.3, 0.4) is 0 Å². The minimum atomic E-state index is -1.37. The fourth-order valence-electron chi connectivity index (χ4n) is 2.49. The first-order chi connectivity index (χ1) is 13.5. The summed E-state index contributed by atoms with van der Waals surface area (Å²) in [6, 6.07) is 8.41. The van der Waals surface area contributed by atoms with Gasteiger partial charge in [-0.1, -0.05) is 58.0 Å². The van der Waals surface area contributed by atoms with Gasteiger partial charge in [-0.05, 0) is 30.2 Å². The van der Waals surface area contributed by atoms with E-state index in [1.165, 1.54) is 7.05 Å². The number of nitrogens with zero attached hydrogens (tertiary/aromatic N) is 1. The molecule has 1 aromatic carbocycles. The number of hydrogen-bond donors (Lipinski definition) is 4. The molecule has 1 aromatic rings. The molecule has 0 aliphatic carbocycles. The van der Waals surface area contributed by atoms with Crippen LogP contribution in [0.2, 0.25) is 0 Å². The average Bonchev–Trinajstić information content (AvgIpc) is 2.64. The molecule has 0 radical (unpaired) electrons. The molecule has 0 aromatic heterocycles. The second-order valence-corrected chi connectivity index (χ2v) is 7.84. The molecule has 0 unspecified atom stereocenters. The van der Waals surface area contributed by atoms with Crippen LogP contribution in [0.4, 0.5) is 4.79 Å². The number of nitrogens with two attached hydrogens (primary N) is 1. The Morgan fingerprint density at radius 3 is 1.97 bits per heavy atom. The largest absolute Gasteiger partial charge is 0.480 e. The number of benzene rings is 1. The van der Waals surface area contributed by atoms with Crippen molar-refractivity contribution < 1.29 is 29.5 Å². The van der Waals surface area contributed by atoms with E-state index >= 15 is 0 Å². The number of rotatable bonds is 9. The second kappa shape index (κ2) is 14.0. The van der Waals surface area contributed by atoms with Gasteiger partial charge in [0.25, 0.3) is 0 Å². The lowest BCUT2D eigenvalue weighted by molar-refractivity contribution is -0.142. The number of hydrogen-bond acceptors (Lipinski definition) is 6. The van der Waals surface area contributed by atoms with E-state index in [0.29, 0.717) is 18.8 Å². The van der Waals surface area contributed by atoms with Gasteiger partial charge in [-0.2, -0.15) is 0 Å². The predicted octanol–water partition coefficient (Wildman–Crippen LogP) is 2.13. The smallest absolute Gasteiger partial charge is 0.469 e. The highest BCUT2D eigenvalue weighted by atomic mass is 16.6. The van der Waals surface area contributed by atoms with Crippen molar-refractivity contribution in [3.63, 3.8) is 0 Å². The van der Waals surface area contributed by atoms with Crippen LogP contribution < -0.4 is 5.73 Å². The number of carboxylic acid groups (broad SMARTS) is 1. The van der Waals surface area contributed by atoms with Crippen LogP contribution in [0.25, 0.3) is 0 Å². The molecule has 0 fully saturated rings. The summed E-state index contributed by atoms with van der Waals surface area (Å²) in [5.41, 5.74) is 6.18. The van der Waals surface area contributed by atoms with Gasteiger partial charge in [-0.3, -0.25) is 4.90 Å². The second-order valence-electron chi connectivity index (χ2n) is 7.84. The zero-order valence-electron chi connectivity index (χ0n) is 18.0. The monoisotopic (exact) mass is 410 g/mol. The van der Waals surface area contributed by atoms with Gasteiger partial charge in [0.2, 0.25) is 0 Å². The van der Waals surface area contributed by atoms with Crippen molar-refractivity contribution in [2.24, 2.45) is 17.6 Å². The van der Waals surface area contributed by atoms with Gasteiger partial charge in [-0.25, -0.2) is 9.59 Å². The Hall–Kier alpha value is -2.10. The number of aliphatic carboxylic acids is 1. The van der Waals surface area contributed by atoms with Crippen molar-refractivity contribution in [2.75, 3.05) is 7.05 Å². The minimum absolute atomic E-state index is 0.137. The van der Waals surface area contributed by atoms with E-state index in [9.17, 15) is 14.7 Å². The number of carbonyl (C=O) groups is 2. The molecule has 5 N–H and O–H groups in total. The number of likely N-dealkylation sites (N-methyl/N-ethyl adjacent to an activating group) is 1. The molecule has 0 saturated carbocycles. The maximum absolute atomic E-state index is 11.9. The lowest BCUT2D eigenvalue weighted by Crippen LogP contribution is -2.43. The van der Waals surface area contributed by atoms with Gasteiger partial charge in [0.1, 0.15) is 12.6 Å². The van der Waals surface area contributed by atoms with Crippen molar-refractivity contribution in [1.82, 2.24) is 4.90 Å². The molecule has 0 saturated heterocycles. The summed E-state index contributed by atoms with van der Waals surface area (Å²) in [5.74, 6) is -0.912. The van der Waals surface area contributed by atoms with Crippen LogP contribution in [-0.2, 0) is 16.1 Å². The summed E-state index contributed by atoms with van der Waals surface area (Å²) >= 11 is 0. The number of ether oxygens (including phenoxy) is 1. The lowest BCUT2D eigenvalue weighted by atomic mass is 9.76. The fraction of sp³-hybridized carbons (Fsp3) is 0.600. The van der Waals surface area contributed by atoms with E-state index < -0.39 is 31.2 Å². The minimum Gasteiger partial charge on any atom is -0.480 e. The zero-order valence-corrected chi connectivity index (χ0v) is 18.0. The van der Waals surface area contributed by atoms with E-state index in [0.717, 1.165) is 10.5 Å². The Labute approximate surface area is 173 Å². The van der Waals surface area contributed by atoms with Gasteiger partial charge >= 0.3 is 19.2 Å². The summed E-state index contributed by atoms with van der Waals surface area (Å²) in [4.78, 5) is 24.2. The highest BCUT2D eigenvalue weighted by Crippen LogP contribution is 2.12. The first kappa shape index (κ1) is 26.9. The van der Waals surface area contributed by atoms with Crippen LogP contribution in [0.1, 0.15) is 46.1 Å². The molecule has 2 atom stereocenters. The summed E-state index contributed by atoms with van der Waals surface area (Å²) in [7, 11) is 0.0847. The zero-order chi connectivity index (χ0) is 22.6. The Bertz CT molecular complexity index is 598. The van der Waals surface area contributed by atoms with E-state index in [1.807, 2.05) is 58.0 Å². The van der Waals surface area contributed by atoms with Crippen molar-refractivity contribution in [2.45, 2.75) is 59.1 Å². The topological polar surface area (TPSA) is 133 Å². The van der Waals surface area contributed by atoms with Crippen LogP contribution in [0.15, 0.2) is 30.3 Å². The molecule has 0 aliphatic heterocycles. The Morgan fingerprint density at radius 1 is 1.07 bits per heavy atom. The lowest BCUT2D eigenvalue weighted by Gasteiger charge is -2.25. The molecule has 29 heavy (non-hydrogen) atoms. The van der Waals surface area contributed by atoms with Crippen molar-refractivity contribution in [3.05, 3.63) is 35.9 Å². The summed E-state index contributed by atoms with van der Waals surface area (Å²) in [5, 5.41) is 26.2. The third-order valence-corrected chi connectivity index (χ3v) is 4.07. The Morgan fingerprint density at radius 2 is 1.59 bits per heavy atom. The standard InChI is InChI=1S/C15H21NO4.C5H14BNO2/c1-11(2)9-13(14(17)18)16(3)15(19)20-10-12-7-5-4-6-8-12;1-4(2)3-5(7)6(8)9/h4-8,11,13H,9-10H2,1-3H3,(H,17,18);4-5,8-9H,3,7H2,1-2H3/t13-;5-/m00/s1. The van der Waals surface area contributed by atoms with Crippen molar-refractivity contribution in [3.8, 4) is 0 Å². The molecule has 1 amide bonds. The maximum atomic E-state index is 11.9. The highest BCUT2D eigenvalue weighted by molar-refractivity contribution is 6.43. The summed E-state index contributed by atoms with van der Waals surface area (Å²) in [6.07, 6.45) is 0.422. The third kappa shape index (κ3) is 12.2. The van der Waals surface area contributed by atoms with Gasteiger partial charge < -0.3 is 25.6 Å². The van der Waals surface area contributed by atoms with Gasteiger partial charge in [-0.15, -0.1) is 0 Å². The normalized spacial score (nSPS) is 12.6. The molecule has 0 bridgehead atoms. The predicted molar refractivity (Wildman–Crippen MR) is 113 cm³/mol. The van der Waals surface area contributed by atoms with E-state index in [4.69, 9.17) is 20.5 Å². The average molecular weight is 410 g/mol. The fourth-order valence-corrected chi connectivity index (χ4v) is 2.49. The van der Waals surface area contributed by atoms with E-state index in [-0.39, 0.29) is 12.5 Å². The maximum Gasteiger partial charge on any atom is 0.469 e. The van der Waals surface area contributed by atoms with Crippen molar-refractivity contribution >= 4 is 19.2 Å². The van der Waals surface area contributed by atoms with Crippen LogP contribution in [-0.4, -0.2) is 58.3 Å². The van der Waals surface area contributed by atoms with E-state index in [1.54, 1.807) is 0 Å². The van der Waals surface area contributed by atoms with Crippen molar-refractivity contribution in [1.29, 1.82) is 0 Å². The molecular weight excluding hydrogens is 375 g/mol. The SMILES string of the molecule is CC(C)C[C@@H](C(=O)O)N(C)C(=O)OCc1ccccc1.CC(C)C[C@H](N)B(O)O. The molecule has 9 heteroatoms. The molecule has 0 heterocycles. The van der Waals surface area contributed by atoms with Crippen LogP contribution in [0, 0.1) is 11.8 Å². The molecular formula is C20H35BN2O6. The molecule has 0 spiro atoms. The Balaban J connectivity index is 0.000000734. The summed E-state index contributed by atoms with van der Waals surface area (Å²) in [6.45, 7) is 7.95. The van der Waals surface area contributed by atoms with Crippen LogP contribution in [0.5, 0.6) is 0 Å². The molecule has 0 aliphatic rings. The van der Waals surface area contributed by atoms with Gasteiger partial charge in [0.15, 0.2) is 0 Å². The van der Waals surface area contributed by atoms with E-state index in [2.05, 4.69) is 0 Å².